The summed E-state index contributed by atoms with van der Waals surface area (Å²) in [7, 11) is 0. The van der Waals surface area contributed by atoms with Gasteiger partial charge in [-0.05, 0) is 46.9 Å². The molecule has 0 amide bonds. The fraction of sp³-hybridized carbons (Fsp3) is 0.143. The molecule has 6 heteroatoms. The molecule has 0 spiro atoms. The van der Waals surface area contributed by atoms with E-state index >= 15 is 0 Å². The van der Waals surface area contributed by atoms with Crippen LogP contribution in [0.1, 0.15) is 0 Å². The van der Waals surface area contributed by atoms with Gasteiger partial charge in [0.1, 0.15) is 18.0 Å². The number of para-hydroxylation sites is 1. The molecule has 2 aromatic rings. The van der Waals surface area contributed by atoms with Gasteiger partial charge in [-0.25, -0.2) is 0 Å². The van der Waals surface area contributed by atoms with Crippen LogP contribution in [-0.2, 0) is 0 Å². The SMILES string of the molecule is O=[N+]([O-])c1cc(I)ccc1NCCOc1ccccc1. The predicted octanol–water partition coefficient (Wildman–Crippen LogP) is 3.69. The second-order valence-corrected chi connectivity index (χ2v) is 5.25. The molecule has 0 aliphatic rings. The van der Waals surface area contributed by atoms with E-state index in [4.69, 9.17) is 4.74 Å². The lowest BCUT2D eigenvalue weighted by molar-refractivity contribution is -0.384. The number of hydrogen-bond donors (Lipinski definition) is 1. The molecule has 0 aliphatic carbocycles. The van der Waals surface area contributed by atoms with E-state index in [1.165, 1.54) is 0 Å². The van der Waals surface area contributed by atoms with Gasteiger partial charge in [-0.3, -0.25) is 10.1 Å². The van der Waals surface area contributed by atoms with Gasteiger partial charge in [0.05, 0.1) is 4.92 Å². The molecule has 20 heavy (non-hydrogen) atoms. The Kier molecular flexibility index (Phi) is 5.16. The summed E-state index contributed by atoms with van der Waals surface area (Å²) in [4.78, 5) is 10.6. The molecule has 0 saturated carbocycles. The van der Waals surface area contributed by atoms with Crippen molar-refractivity contribution in [2.75, 3.05) is 18.5 Å². The molecular weight excluding hydrogens is 371 g/mol. The van der Waals surface area contributed by atoms with Crippen LogP contribution < -0.4 is 10.1 Å². The summed E-state index contributed by atoms with van der Waals surface area (Å²) < 4.78 is 6.35. The number of anilines is 1. The highest BCUT2D eigenvalue weighted by Crippen LogP contribution is 2.26. The summed E-state index contributed by atoms with van der Waals surface area (Å²) in [6.07, 6.45) is 0. The van der Waals surface area contributed by atoms with Crippen molar-refractivity contribution in [1.82, 2.24) is 0 Å². The molecule has 0 heterocycles. The monoisotopic (exact) mass is 384 g/mol. The van der Waals surface area contributed by atoms with Crippen molar-refractivity contribution in [3.63, 3.8) is 0 Å². The number of nitro benzene ring substituents is 1. The van der Waals surface area contributed by atoms with Crippen molar-refractivity contribution in [2.24, 2.45) is 0 Å². The Labute approximate surface area is 130 Å². The van der Waals surface area contributed by atoms with Crippen molar-refractivity contribution >= 4 is 34.0 Å². The molecular formula is C14H13IN2O3. The second kappa shape index (κ2) is 7.09. The summed E-state index contributed by atoms with van der Waals surface area (Å²) in [5.74, 6) is 0.784. The Morgan fingerprint density at radius 3 is 2.65 bits per heavy atom. The first kappa shape index (κ1) is 14.6. The van der Waals surface area contributed by atoms with E-state index in [0.717, 1.165) is 9.32 Å². The fourth-order valence-electron chi connectivity index (χ4n) is 1.68. The number of hydrogen-bond acceptors (Lipinski definition) is 4. The average molecular weight is 384 g/mol. The van der Waals surface area contributed by atoms with Gasteiger partial charge < -0.3 is 10.1 Å². The van der Waals surface area contributed by atoms with Crippen molar-refractivity contribution in [3.05, 3.63) is 62.2 Å². The first-order valence-corrected chi connectivity index (χ1v) is 7.10. The van der Waals surface area contributed by atoms with Crippen LogP contribution in [0.4, 0.5) is 11.4 Å². The molecule has 0 bridgehead atoms. The highest BCUT2D eigenvalue weighted by atomic mass is 127. The van der Waals surface area contributed by atoms with E-state index in [1.807, 2.05) is 36.4 Å². The van der Waals surface area contributed by atoms with Crippen LogP contribution in [0.5, 0.6) is 5.75 Å². The number of nitrogens with one attached hydrogen (secondary N) is 1. The van der Waals surface area contributed by atoms with Gasteiger partial charge >= 0.3 is 0 Å². The van der Waals surface area contributed by atoms with Crippen LogP contribution >= 0.6 is 22.6 Å². The van der Waals surface area contributed by atoms with Crippen LogP contribution in [0.2, 0.25) is 0 Å². The minimum absolute atomic E-state index is 0.0802. The van der Waals surface area contributed by atoms with Crippen molar-refractivity contribution < 1.29 is 9.66 Å². The maximum absolute atomic E-state index is 11.0. The number of benzene rings is 2. The van der Waals surface area contributed by atoms with E-state index < -0.39 is 0 Å². The Balaban J connectivity index is 1.90. The van der Waals surface area contributed by atoms with Crippen molar-refractivity contribution in [3.8, 4) is 5.75 Å². The Bertz CT molecular complexity index is 590. The van der Waals surface area contributed by atoms with Crippen LogP contribution in [0.3, 0.4) is 0 Å². The molecule has 0 unspecified atom stereocenters. The molecule has 0 atom stereocenters. The number of ether oxygens (including phenoxy) is 1. The lowest BCUT2D eigenvalue weighted by atomic mass is 10.2. The Hall–Kier alpha value is -1.83. The normalized spacial score (nSPS) is 10.1. The summed E-state index contributed by atoms with van der Waals surface area (Å²) in [6, 6.07) is 14.5. The maximum atomic E-state index is 11.0. The largest absolute Gasteiger partial charge is 0.492 e. The van der Waals surface area contributed by atoms with E-state index in [9.17, 15) is 10.1 Å². The van der Waals surface area contributed by atoms with Crippen molar-refractivity contribution in [2.45, 2.75) is 0 Å². The molecule has 0 aliphatic heterocycles. The lowest BCUT2D eigenvalue weighted by Gasteiger charge is -2.09. The van der Waals surface area contributed by atoms with Crippen molar-refractivity contribution in [1.29, 1.82) is 0 Å². The molecule has 0 aromatic heterocycles. The van der Waals surface area contributed by atoms with Gasteiger partial charge in [0.15, 0.2) is 0 Å². The Morgan fingerprint density at radius 1 is 1.20 bits per heavy atom. The number of rotatable bonds is 6. The third-order valence-electron chi connectivity index (χ3n) is 2.59. The third-order valence-corrected chi connectivity index (χ3v) is 3.26. The summed E-state index contributed by atoms with van der Waals surface area (Å²) >= 11 is 2.05. The third kappa shape index (κ3) is 4.09. The highest BCUT2D eigenvalue weighted by Gasteiger charge is 2.13. The fourth-order valence-corrected chi connectivity index (χ4v) is 2.15. The zero-order valence-corrected chi connectivity index (χ0v) is 12.7. The van der Waals surface area contributed by atoms with Gasteiger partial charge in [-0.1, -0.05) is 18.2 Å². The van der Waals surface area contributed by atoms with E-state index in [2.05, 4.69) is 27.9 Å². The van der Waals surface area contributed by atoms with E-state index in [0.29, 0.717) is 18.8 Å². The van der Waals surface area contributed by atoms with E-state index in [-0.39, 0.29) is 10.6 Å². The van der Waals surface area contributed by atoms with Crippen LogP contribution in [-0.4, -0.2) is 18.1 Å². The summed E-state index contributed by atoms with van der Waals surface area (Å²) in [5.41, 5.74) is 0.587. The standard InChI is InChI=1S/C14H13IN2O3/c15-11-6-7-13(14(10-11)17(18)19)16-8-9-20-12-4-2-1-3-5-12/h1-7,10,16H,8-9H2. The first-order chi connectivity index (χ1) is 9.66. The summed E-state index contributed by atoms with van der Waals surface area (Å²) in [6.45, 7) is 0.934. The van der Waals surface area contributed by atoms with Gasteiger partial charge in [0.25, 0.3) is 5.69 Å². The maximum Gasteiger partial charge on any atom is 0.293 e. The number of nitrogens with zero attached hydrogens (tertiary/aromatic N) is 1. The smallest absolute Gasteiger partial charge is 0.293 e. The molecule has 2 aromatic carbocycles. The molecule has 1 N–H and O–H groups in total. The molecule has 5 nitrogen and oxygen atoms in total. The second-order valence-electron chi connectivity index (χ2n) is 4.01. The van der Waals surface area contributed by atoms with Gasteiger partial charge in [0.2, 0.25) is 0 Å². The molecule has 2 rings (SSSR count). The first-order valence-electron chi connectivity index (χ1n) is 6.02. The topological polar surface area (TPSA) is 64.4 Å². The van der Waals surface area contributed by atoms with Crippen LogP contribution in [0, 0.1) is 13.7 Å². The van der Waals surface area contributed by atoms with Gasteiger partial charge in [-0.15, -0.1) is 0 Å². The summed E-state index contributed by atoms with van der Waals surface area (Å²) in [5, 5.41) is 14.0. The molecule has 0 fully saturated rings. The molecule has 0 radical (unpaired) electrons. The minimum Gasteiger partial charge on any atom is -0.492 e. The van der Waals surface area contributed by atoms with Gasteiger partial charge in [0, 0.05) is 16.2 Å². The highest BCUT2D eigenvalue weighted by molar-refractivity contribution is 14.1. The Morgan fingerprint density at radius 2 is 1.95 bits per heavy atom. The van der Waals surface area contributed by atoms with Gasteiger partial charge in [-0.2, -0.15) is 0 Å². The van der Waals surface area contributed by atoms with Crippen LogP contribution in [0.25, 0.3) is 0 Å². The minimum atomic E-state index is -0.386. The zero-order chi connectivity index (χ0) is 14.4. The lowest BCUT2D eigenvalue weighted by Crippen LogP contribution is -2.12. The molecule has 104 valence electrons. The zero-order valence-electron chi connectivity index (χ0n) is 10.6. The predicted molar refractivity (Wildman–Crippen MR) is 86.2 cm³/mol. The number of halogens is 1. The quantitative estimate of drug-likeness (QED) is 0.357. The average Bonchev–Trinajstić information content (AvgIpc) is 2.45. The van der Waals surface area contributed by atoms with Crippen LogP contribution in [0.15, 0.2) is 48.5 Å². The van der Waals surface area contributed by atoms with E-state index in [1.54, 1.807) is 12.1 Å². The number of nitro groups is 1. The molecule has 0 saturated heterocycles.